The maximum Gasteiger partial charge on any atom is 0.230 e. The lowest BCUT2D eigenvalue weighted by Gasteiger charge is -2.42. The first-order chi connectivity index (χ1) is 11.7. The normalized spacial score (nSPS) is 21.6. The molecule has 0 unspecified atom stereocenters. The molecule has 0 aromatic heterocycles. The number of rotatable bonds is 5. The van der Waals surface area contributed by atoms with Crippen LogP contribution in [0.2, 0.25) is 0 Å². The monoisotopic (exact) mass is 331 g/mol. The number of nitrogens with two attached hydrogens (primary N) is 1. The van der Waals surface area contributed by atoms with Gasteiger partial charge in [-0.15, -0.1) is 0 Å². The molecule has 0 saturated carbocycles. The van der Waals surface area contributed by atoms with Crippen molar-refractivity contribution in [1.82, 2.24) is 9.80 Å². The van der Waals surface area contributed by atoms with Gasteiger partial charge in [-0.05, 0) is 24.8 Å². The number of benzene rings is 1. The molecule has 2 aliphatic rings. The smallest absolute Gasteiger partial charge is 0.230 e. The van der Waals surface area contributed by atoms with Crippen LogP contribution < -0.4 is 5.73 Å². The van der Waals surface area contributed by atoms with Crippen LogP contribution in [0.5, 0.6) is 0 Å². The molecule has 2 N–H and O–H groups in total. The minimum absolute atomic E-state index is 0.246. The molecule has 2 fully saturated rings. The number of hydrogen-bond donors (Lipinski definition) is 1. The maximum atomic E-state index is 13.0. The summed E-state index contributed by atoms with van der Waals surface area (Å²) in [7, 11) is 0. The average Bonchev–Trinajstić information content (AvgIpc) is 2.67. The molecule has 5 nitrogen and oxygen atoms in total. The topological polar surface area (TPSA) is 58.8 Å². The van der Waals surface area contributed by atoms with E-state index >= 15 is 0 Å². The van der Waals surface area contributed by atoms with Gasteiger partial charge in [-0.2, -0.15) is 0 Å². The Hall–Kier alpha value is -1.43. The van der Waals surface area contributed by atoms with Crippen molar-refractivity contribution in [3.8, 4) is 0 Å². The summed E-state index contributed by atoms with van der Waals surface area (Å²) >= 11 is 0. The zero-order chi connectivity index (χ0) is 16.8. The van der Waals surface area contributed by atoms with E-state index in [1.165, 1.54) is 5.56 Å². The molecule has 1 aromatic rings. The van der Waals surface area contributed by atoms with E-state index in [9.17, 15) is 4.79 Å². The minimum atomic E-state index is -0.384. The summed E-state index contributed by atoms with van der Waals surface area (Å²) < 4.78 is 5.42. The molecule has 0 spiro atoms. The third-order valence-corrected chi connectivity index (χ3v) is 5.51. The summed E-state index contributed by atoms with van der Waals surface area (Å²) in [6.45, 7) is 6.34. The van der Waals surface area contributed by atoms with E-state index in [0.717, 1.165) is 52.0 Å². The van der Waals surface area contributed by atoms with Crippen molar-refractivity contribution in [2.24, 2.45) is 11.1 Å². The van der Waals surface area contributed by atoms with E-state index in [1.54, 1.807) is 0 Å². The fourth-order valence-corrected chi connectivity index (χ4v) is 3.71. The van der Waals surface area contributed by atoms with Crippen LogP contribution in [0.25, 0.3) is 0 Å². The Morgan fingerprint density at radius 1 is 1.08 bits per heavy atom. The van der Waals surface area contributed by atoms with Gasteiger partial charge in [-0.25, -0.2) is 0 Å². The van der Waals surface area contributed by atoms with Crippen LogP contribution in [0.4, 0.5) is 0 Å². The summed E-state index contributed by atoms with van der Waals surface area (Å²) in [5.74, 6) is 0.246. The number of nitrogens with zero attached hydrogens (tertiary/aromatic N) is 2. The lowest BCUT2D eigenvalue weighted by Crippen LogP contribution is -2.56. The van der Waals surface area contributed by atoms with Crippen molar-refractivity contribution in [3.05, 3.63) is 35.9 Å². The molecule has 2 aliphatic heterocycles. The van der Waals surface area contributed by atoms with E-state index in [2.05, 4.69) is 35.2 Å². The Bertz CT molecular complexity index is 521. The highest BCUT2D eigenvalue weighted by Gasteiger charge is 2.41. The first-order valence-electron chi connectivity index (χ1n) is 9.07. The molecule has 132 valence electrons. The molecule has 0 aliphatic carbocycles. The zero-order valence-corrected chi connectivity index (χ0v) is 14.5. The number of piperazine rings is 1. The van der Waals surface area contributed by atoms with Crippen molar-refractivity contribution in [2.45, 2.75) is 19.3 Å². The summed E-state index contributed by atoms with van der Waals surface area (Å²) in [6.07, 6.45) is 2.59. The van der Waals surface area contributed by atoms with Crippen molar-refractivity contribution in [1.29, 1.82) is 0 Å². The van der Waals surface area contributed by atoms with Gasteiger partial charge in [0.05, 0.1) is 5.41 Å². The molecular formula is C19H29N3O2. The number of carbonyl (C=O) groups excluding carboxylic acids is 1. The van der Waals surface area contributed by atoms with Gasteiger partial charge < -0.3 is 15.4 Å². The predicted octanol–water partition coefficient (Wildman–Crippen LogP) is 1.13. The van der Waals surface area contributed by atoms with Crippen LogP contribution in [0.1, 0.15) is 18.4 Å². The van der Waals surface area contributed by atoms with Gasteiger partial charge in [0.25, 0.3) is 0 Å². The lowest BCUT2D eigenvalue weighted by atomic mass is 9.78. The molecule has 3 rings (SSSR count). The Morgan fingerprint density at radius 3 is 2.38 bits per heavy atom. The fourth-order valence-electron chi connectivity index (χ4n) is 3.71. The van der Waals surface area contributed by atoms with Gasteiger partial charge in [0.1, 0.15) is 0 Å². The Morgan fingerprint density at radius 2 is 1.75 bits per heavy atom. The second-order valence-electron chi connectivity index (χ2n) is 6.97. The van der Waals surface area contributed by atoms with Gasteiger partial charge in [0.15, 0.2) is 0 Å². The standard InChI is InChI=1S/C19H29N3O2/c20-16-19(7-14-24-15-8-19)18(23)22-12-10-21(11-13-22)9-6-17-4-2-1-3-5-17/h1-5H,6-16,20H2. The molecule has 0 bridgehead atoms. The van der Waals surface area contributed by atoms with E-state index in [1.807, 2.05) is 4.90 Å². The molecule has 1 aromatic carbocycles. The molecule has 0 atom stereocenters. The zero-order valence-electron chi connectivity index (χ0n) is 14.5. The predicted molar refractivity (Wildman–Crippen MR) is 94.7 cm³/mol. The summed E-state index contributed by atoms with van der Waals surface area (Å²) in [6, 6.07) is 10.6. The molecule has 2 heterocycles. The number of hydrogen-bond acceptors (Lipinski definition) is 4. The molecule has 2 saturated heterocycles. The number of carbonyl (C=O) groups is 1. The Balaban J connectivity index is 1.48. The van der Waals surface area contributed by atoms with Crippen molar-refractivity contribution in [3.63, 3.8) is 0 Å². The fraction of sp³-hybridized carbons (Fsp3) is 0.632. The highest BCUT2D eigenvalue weighted by molar-refractivity contribution is 5.83. The van der Waals surface area contributed by atoms with Gasteiger partial charge in [-0.1, -0.05) is 30.3 Å². The Labute approximate surface area is 144 Å². The van der Waals surface area contributed by atoms with E-state index in [0.29, 0.717) is 19.8 Å². The van der Waals surface area contributed by atoms with Gasteiger partial charge >= 0.3 is 0 Å². The second kappa shape index (κ2) is 8.10. The third-order valence-electron chi connectivity index (χ3n) is 5.51. The van der Waals surface area contributed by atoms with Crippen molar-refractivity contribution >= 4 is 5.91 Å². The largest absolute Gasteiger partial charge is 0.381 e. The van der Waals surface area contributed by atoms with Crippen LogP contribution in [0.3, 0.4) is 0 Å². The van der Waals surface area contributed by atoms with E-state index in [4.69, 9.17) is 10.5 Å². The van der Waals surface area contributed by atoms with E-state index < -0.39 is 0 Å². The SMILES string of the molecule is NCC1(C(=O)N2CCN(CCc3ccccc3)CC2)CCOCC1. The maximum absolute atomic E-state index is 13.0. The van der Waals surface area contributed by atoms with Gasteiger partial charge in [0, 0.05) is 52.5 Å². The van der Waals surface area contributed by atoms with Gasteiger partial charge in [-0.3, -0.25) is 9.69 Å². The average molecular weight is 331 g/mol. The lowest BCUT2D eigenvalue weighted by molar-refractivity contribution is -0.149. The number of ether oxygens (including phenoxy) is 1. The summed E-state index contributed by atoms with van der Waals surface area (Å²) in [4.78, 5) is 17.4. The molecule has 5 heteroatoms. The third kappa shape index (κ3) is 3.97. The number of amides is 1. The highest BCUT2D eigenvalue weighted by atomic mass is 16.5. The van der Waals surface area contributed by atoms with Gasteiger partial charge in [0.2, 0.25) is 5.91 Å². The van der Waals surface area contributed by atoms with Crippen LogP contribution in [0, 0.1) is 5.41 Å². The molecule has 0 radical (unpaired) electrons. The summed E-state index contributed by atoms with van der Waals surface area (Å²) in [5.41, 5.74) is 6.96. The van der Waals surface area contributed by atoms with Crippen LogP contribution in [0.15, 0.2) is 30.3 Å². The second-order valence-corrected chi connectivity index (χ2v) is 6.97. The first kappa shape index (κ1) is 17.4. The summed E-state index contributed by atoms with van der Waals surface area (Å²) in [5, 5.41) is 0. The first-order valence-corrected chi connectivity index (χ1v) is 9.07. The highest BCUT2D eigenvalue weighted by Crippen LogP contribution is 2.32. The van der Waals surface area contributed by atoms with Crippen LogP contribution in [-0.4, -0.2) is 68.2 Å². The van der Waals surface area contributed by atoms with E-state index in [-0.39, 0.29) is 11.3 Å². The quantitative estimate of drug-likeness (QED) is 0.879. The van der Waals surface area contributed by atoms with Crippen molar-refractivity contribution in [2.75, 3.05) is 52.5 Å². The van der Waals surface area contributed by atoms with Crippen LogP contribution in [-0.2, 0) is 16.0 Å². The molecule has 24 heavy (non-hydrogen) atoms. The Kier molecular flexibility index (Phi) is 5.87. The molecule has 1 amide bonds. The van der Waals surface area contributed by atoms with Crippen molar-refractivity contribution < 1.29 is 9.53 Å². The minimum Gasteiger partial charge on any atom is -0.381 e. The van der Waals surface area contributed by atoms with Crippen LogP contribution >= 0.6 is 0 Å². The molecular weight excluding hydrogens is 302 g/mol.